The third kappa shape index (κ3) is 19.4. The van der Waals surface area contributed by atoms with Crippen LogP contribution >= 0.6 is 0 Å². The fourth-order valence-corrected chi connectivity index (χ4v) is 9.81. The van der Waals surface area contributed by atoms with Crippen molar-refractivity contribution in [2.24, 2.45) is 20.6 Å². The highest BCUT2D eigenvalue weighted by Gasteiger charge is 2.31. The molecule has 0 saturated heterocycles. The van der Waals surface area contributed by atoms with E-state index in [1.165, 1.54) is 33.9 Å². The third-order valence-corrected chi connectivity index (χ3v) is 14.2. The summed E-state index contributed by atoms with van der Waals surface area (Å²) in [7, 11) is -3.55. The number of sulfonamides is 1. The number of aromatic amines is 3. The van der Waals surface area contributed by atoms with Gasteiger partial charge in [0.1, 0.15) is 33.7 Å². The average molecular weight is 1190 g/mol. The molecule has 0 saturated carbocycles. The number of hydrogen-bond acceptors (Lipinski definition) is 9. The van der Waals surface area contributed by atoms with Gasteiger partial charge >= 0.3 is 0 Å². The molecule has 0 radical (unpaired) electrons. The largest absolute Gasteiger partial charge is 0.443 e. The van der Waals surface area contributed by atoms with Gasteiger partial charge in [-0.2, -0.15) is 8.42 Å². The zero-order valence-corrected chi connectivity index (χ0v) is 57.6. The van der Waals surface area contributed by atoms with Crippen LogP contribution in [0.5, 0.6) is 0 Å². The molecule has 14 heteroatoms. The van der Waals surface area contributed by atoms with Gasteiger partial charge in [0.2, 0.25) is 0 Å². The number of hydrogen-bond donors (Lipinski definition) is 4. The van der Waals surface area contributed by atoms with Crippen molar-refractivity contribution in [1.82, 2.24) is 34.9 Å². The number of rotatable bonds is 2. The molecule has 0 fully saturated rings. The van der Waals surface area contributed by atoms with E-state index in [0.29, 0.717) is 27.7 Å². The van der Waals surface area contributed by atoms with Gasteiger partial charge in [-0.25, -0.2) is 19.9 Å². The Kier molecular flexibility index (Phi) is 21.1. The molecule has 0 amide bonds. The number of amidine groups is 1. The quantitative estimate of drug-likeness (QED) is 0.131. The van der Waals surface area contributed by atoms with Gasteiger partial charge < -0.3 is 24.7 Å². The molecule has 5 heterocycles. The molecule has 13 nitrogen and oxygen atoms in total. The molecule has 4 aromatic heterocycles. The number of imidazole rings is 2. The van der Waals surface area contributed by atoms with Gasteiger partial charge in [-0.05, 0) is 62.3 Å². The Bertz CT molecular complexity index is 3920. The molecule has 0 bridgehead atoms. The number of para-hydroxylation sites is 2. The minimum atomic E-state index is -3.55. The molecular formula is C72H101N9O4S. The van der Waals surface area contributed by atoms with Crippen LogP contribution in [0.15, 0.2) is 134 Å². The Hall–Kier alpha value is -7.19. The summed E-state index contributed by atoms with van der Waals surface area (Å²) in [6.07, 6.45) is 5.35. The molecule has 4 N–H and O–H groups in total. The Morgan fingerprint density at radius 1 is 0.430 bits per heavy atom. The number of aromatic nitrogens is 7. The molecule has 5 aromatic carbocycles. The number of fused-ring (bicyclic) bond motifs is 4. The van der Waals surface area contributed by atoms with Crippen LogP contribution in [0.2, 0.25) is 0 Å². The predicted octanol–water partition coefficient (Wildman–Crippen LogP) is 19.2. The van der Waals surface area contributed by atoms with Crippen molar-refractivity contribution in [3.8, 4) is 22.5 Å². The van der Waals surface area contributed by atoms with Gasteiger partial charge in [0.05, 0.1) is 40.4 Å². The van der Waals surface area contributed by atoms with Crippen LogP contribution in [0.1, 0.15) is 209 Å². The minimum Gasteiger partial charge on any atom is -0.443 e. The van der Waals surface area contributed by atoms with Crippen molar-refractivity contribution in [3.63, 3.8) is 0 Å². The first-order chi connectivity index (χ1) is 39.1. The molecule has 0 aliphatic carbocycles. The van der Waals surface area contributed by atoms with E-state index in [2.05, 4.69) is 232 Å². The molecular weight excluding hydrogens is 1090 g/mol. The molecule has 0 spiro atoms. The topological polar surface area (TPSA) is 188 Å². The lowest BCUT2D eigenvalue weighted by Gasteiger charge is -2.26. The Balaban J connectivity index is 0.000000201. The number of nitrogens with zero attached hydrogens (tertiary/aromatic N) is 5. The van der Waals surface area contributed by atoms with Gasteiger partial charge in [-0.1, -0.05) is 253 Å². The maximum absolute atomic E-state index is 11.9. The summed E-state index contributed by atoms with van der Waals surface area (Å²) in [5, 5.41) is 6.31. The number of oxazole rings is 1. The van der Waals surface area contributed by atoms with E-state index in [0.717, 1.165) is 51.0 Å². The summed E-state index contributed by atoms with van der Waals surface area (Å²) in [5.74, 6) is 3.20. The lowest BCUT2D eigenvalue weighted by molar-refractivity contribution is 0.469. The predicted molar refractivity (Wildman–Crippen MR) is 363 cm³/mol. The maximum Gasteiger partial charge on any atom is 0.286 e. The van der Waals surface area contributed by atoms with Gasteiger partial charge in [-0.3, -0.25) is 4.79 Å². The van der Waals surface area contributed by atoms with Crippen LogP contribution in [-0.4, -0.2) is 49.1 Å². The highest BCUT2D eigenvalue weighted by molar-refractivity contribution is 7.90. The van der Waals surface area contributed by atoms with E-state index in [4.69, 9.17) is 4.42 Å². The lowest BCUT2D eigenvalue weighted by atomic mass is 9.82. The third-order valence-electron chi connectivity index (χ3n) is 12.8. The summed E-state index contributed by atoms with van der Waals surface area (Å²) < 4.78 is 33.3. The van der Waals surface area contributed by atoms with Crippen LogP contribution in [-0.2, 0) is 37.1 Å². The molecule has 1 aliphatic heterocycles. The monoisotopic (exact) mass is 1190 g/mol. The normalized spacial score (nSPS) is 13.6. The highest BCUT2D eigenvalue weighted by Crippen LogP contribution is 2.38. The lowest BCUT2D eigenvalue weighted by Crippen LogP contribution is -2.32. The average Bonchev–Trinajstić information content (AvgIpc) is 1.39. The van der Waals surface area contributed by atoms with E-state index in [-0.39, 0.29) is 42.9 Å². The molecule has 0 atom stereocenters. The first-order valence-corrected chi connectivity index (χ1v) is 31.3. The zero-order valence-electron chi connectivity index (χ0n) is 56.7. The minimum absolute atomic E-state index is 0.00740. The van der Waals surface area contributed by atoms with Crippen LogP contribution in [0, 0.1) is 16.2 Å². The van der Waals surface area contributed by atoms with Crippen LogP contribution in [0.4, 0.5) is 5.69 Å². The first-order valence-electron chi connectivity index (χ1n) is 29.9. The van der Waals surface area contributed by atoms with E-state index in [1.807, 2.05) is 72.1 Å². The smallest absolute Gasteiger partial charge is 0.286 e. The standard InChI is InChI=1S/C21H26N2.C18H23N3O.C12H14N2O.C11H14N2O2S.2C5H12/c1-20(2,3)17-12-11-16(14-9-7-8-10-15(14)17)18-13-22-19(23-18)21(4,5)6;1-17(2,3)12-8-7-11(14-15(12)22-10-20-14)13-9-19-16(21-13)18(4,5)6;1-12(2,3)11-13-9-7-5-4-6-8(9)10(15)14-11;1-11(2,3)10-12-8-6-4-5-7-9(8)16(14,15)13-10;2*1-5(2,3)4/h7-13H,1-6H3,(H,22,23);7-10H,1-6H3,(H,19,21);4-7H,1-3H3,(H,13,14,15);4-7H,1-3H3,(H,12,13);2*1-4H3. The van der Waals surface area contributed by atoms with Gasteiger partial charge in [0.25, 0.3) is 15.6 Å². The molecule has 10 rings (SSSR count). The molecule has 0 unspecified atom stereocenters. The van der Waals surface area contributed by atoms with E-state index >= 15 is 0 Å². The Labute approximate surface area is 514 Å². The van der Waals surface area contributed by atoms with Gasteiger partial charge in [0.15, 0.2) is 12.0 Å². The summed E-state index contributed by atoms with van der Waals surface area (Å²) in [4.78, 5) is 39.7. The Morgan fingerprint density at radius 2 is 0.872 bits per heavy atom. The van der Waals surface area contributed by atoms with Gasteiger partial charge in [0, 0.05) is 38.4 Å². The van der Waals surface area contributed by atoms with Crippen molar-refractivity contribution >= 4 is 54.3 Å². The molecule has 9 aromatic rings. The summed E-state index contributed by atoms with van der Waals surface area (Å²) >= 11 is 0. The fraction of sp³-hybridized carbons (Fsp3) is 0.472. The van der Waals surface area contributed by atoms with Crippen LogP contribution in [0.3, 0.4) is 0 Å². The molecule has 1 aliphatic rings. The van der Waals surface area contributed by atoms with Crippen molar-refractivity contribution in [2.45, 2.75) is 212 Å². The van der Waals surface area contributed by atoms with Crippen molar-refractivity contribution < 1.29 is 12.8 Å². The molecule has 464 valence electrons. The van der Waals surface area contributed by atoms with Crippen LogP contribution in [0.25, 0.3) is 55.3 Å². The first kappa shape index (κ1) is 69.6. The summed E-state index contributed by atoms with van der Waals surface area (Å²) in [5.41, 5.74) is 10.6. The SMILES string of the molecule is CC(C)(C)C.CC(C)(C)C.CC(C)(C)C1=NS(=O)(=O)c2ccccc2N1.CC(C)(C)c1nc2ccccc2c(=O)[nH]1.CC(C)(C)c1ncc(-c2ccc(C(C)(C)C)c3ccccc23)[nH]1.CC(C)(C)c1ncc(-c2ccc(C(C)(C)C)c3ocnc23)[nH]1. The van der Waals surface area contributed by atoms with Crippen molar-refractivity contribution in [3.05, 3.63) is 155 Å². The highest BCUT2D eigenvalue weighted by atomic mass is 32.2. The second kappa shape index (κ2) is 26.0. The summed E-state index contributed by atoms with van der Waals surface area (Å²) in [6, 6.07) is 31.5. The summed E-state index contributed by atoms with van der Waals surface area (Å²) in [6.45, 7) is 55.6. The number of nitrogens with one attached hydrogen (secondary N) is 4. The van der Waals surface area contributed by atoms with E-state index < -0.39 is 10.0 Å². The number of H-pyrrole nitrogens is 3. The zero-order chi connectivity index (χ0) is 65.0. The Morgan fingerprint density at radius 3 is 1.36 bits per heavy atom. The number of anilines is 1. The molecule has 86 heavy (non-hydrogen) atoms. The van der Waals surface area contributed by atoms with Crippen LogP contribution < -0.4 is 10.9 Å². The van der Waals surface area contributed by atoms with Crippen molar-refractivity contribution in [2.75, 3.05) is 5.32 Å². The maximum atomic E-state index is 11.9. The fourth-order valence-electron chi connectivity index (χ4n) is 8.51. The number of benzene rings is 5. The second-order valence-electron chi connectivity index (χ2n) is 31.7. The van der Waals surface area contributed by atoms with E-state index in [1.54, 1.807) is 30.3 Å². The van der Waals surface area contributed by atoms with Crippen molar-refractivity contribution in [1.29, 1.82) is 0 Å². The van der Waals surface area contributed by atoms with E-state index in [9.17, 15) is 13.2 Å². The van der Waals surface area contributed by atoms with Gasteiger partial charge in [-0.15, -0.1) is 4.40 Å². The second-order valence-corrected chi connectivity index (χ2v) is 33.2.